The number of aliphatic hydroxyl groups is 1. The largest absolute Gasteiger partial charge is 0.503 e. The number of amides is 1. The first-order valence-electron chi connectivity index (χ1n) is 9.82. The molecule has 1 amide bonds. The summed E-state index contributed by atoms with van der Waals surface area (Å²) in [5, 5.41) is 12.5. The van der Waals surface area contributed by atoms with Gasteiger partial charge in [-0.2, -0.15) is 0 Å². The number of quaternary nitrogens is 1. The Morgan fingerprint density at radius 1 is 1.21 bits per heavy atom. The molecule has 0 fully saturated rings. The van der Waals surface area contributed by atoms with Gasteiger partial charge in [0.25, 0.3) is 5.91 Å². The molecule has 7 heteroatoms. The second-order valence-corrected chi connectivity index (χ2v) is 7.87. The fraction of sp³-hybridized carbons (Fsp3) is 0.364. The molecule has 1 aliphatic rings. The molecule has 0 saturated heterocycles. The van der Waals surface area contributed by atoms with Gasteiger partial charge in [-0.3, -0.25) is 9.59 Å². The molecule has 1 aliphatic heterocycles. The average molecular weight is 416 g/mol. The summed E-state index contributed by atoms with van der Waals surface area (Å²) in [6.07, 6.45) is 0. The van der Waals surface area contributed by atoms with Gasteiger partial charge in [-0.25, -0.2) is 0 Å². The van der Waals surface area contributed by atoms with Crippen LogP contribution in [0.5, 0.6) is 5.75 Å². The van der Waals surface area contributed by atoms with Crippen molar-refractivity contribution in [3.05, 3.63) is 63.6 Å². The van der Waals surface area contributed by atoms with Gasteiger partial charge in [0.1, 0.15) is 5.75 Å². The molecular weight excluding hydrogens is 388 g/mol. The van der Waals surface area contributed by atoms with Crippen molar-refractivity contribution in [1.82, 2.24) is 4.90 Å². The summed E-state index contributed by atoms with van der Waals surface area (Å²) >= 11 is 1.30. The van der Waals surface area contributed by atoms with Crippen molar-refractivity contribution in [1.29, 1.82) is 0 Å². The van der Waals surface area contributed by atoms with Crippen LogP contribution < -0.4 is 9.64 Å². The van der Waals surface area contributed by atoms with E-state index in [4.69, 9.17) is 4.74 Å². The van der Waals surface area contributed by atoms with Crippen molar-refractivity contribution in [3.8, 4) is 5.75 Å². The third kappa shape index (κ3) is 4.06. The zero-order valence-corrected chi connectivity index (χ0v) is 17.8. The van der Waals surface area contributed by atoms with Crippen LogP contribution in [0, 0.1) is 0 Å². The van der Waals surface area contributed by atoms with E-state index in [9.17, 15) is 14.7 Å². The second-order valence-electron chi connectivity index (χ2n) is 6.92. The molecule has 6 nitrogen and oxygen atoms in total. The minimum Gasteiger partial charge on any atom is -0.503 e. The average Bonchev–Trinajstić information content (AvgIpc) is 3.37. The molecule has 1 aromatic carbocycles. The number of aliphatic hydroxyl groups excluding tert-OH is 1. The van der Waals surface area contributed by atoms with E-state index >= 15 is 0 Å². The fourth-order valence-electron chi connectivity index (χ4n) is 3.75. The summed E-state index contributed by atoms with van der Waals surface area (Å²) < 4.78 is 5.51. The molecular formula is C22H27N2O4S+. The van der Waals surface area contributed by atoms with E-state index in [2.05, 4.69) is 13.8 Å². The highest BCUT2D eigenvalue weighted by Gasteiger charge is 2.45. The maximum atomic E-state index is 13.2. The van der Waals surface area contributed by atoms with Crippen LogP contribution in [0.4, 0.5) is 0 Å². The Labute approximate surface area is 175 Å². The molecule has 0 unspecified atom stereocenters. The quantitative estimate of drug-likeness (QED) is 0.617. The van der Waals surface area contributed by atoms with E-state index in [0.29, 0.717) is 22.7 Å². The molecule has 2 heterocycles. The zero-order valence-electron chi connectivity index (χ0n) is 17.0. The maximum absolute atomic E-state index is 13.2. The first-order chi connectivity index (χ1) is 14.0. The summed E-state index contributed by atoms with van der Waals surface area (Å²) in [5.41, 5.74) is 0.818. The number of para-hydroxylation sites is 1. The molecule has 2 N–H and O–H groups in total. The van der Waals surface area contributed by atoms with E-state index in [-0.39, 0.29) is 11.4 Å². The molecule has 1 aromatic heterocycles. The van der Waals surface area contributed by atoms with Crippen LogP contribution in [0.2, 0.25) is 0 Å². The van der Waals surface area contributed by atoms with E-state index in [1.165, 1.54) is 16.2 Å². The van der Waals surface area contributed by atoms with Gasteiger partial charge in [0.15, 0.2) is 5.76 Å². The van der Waals surface area contributed by atoms with Crippen LogP contribution in [0.3, 0.4) is 0 Å². The molecule has 2 aromatic rings. The number of Topliss-reactive ketones (excluding diaryl/α,β-unsaturated/α-hetero) is 1. The van der Waals surface area contributed by atoms with Crippen molar-refractivity contribution in [2.24, 2.45) is 0 Å². The number of ether oxygens (including phenoxy) is 1. The second kappa shape index (κ2) is 9.24. The SMILES string of the molecule is CC[NH+](CC)CCN1C(=O)C(O)=C(C(=O)c2cccs2)[C@@H]1c1ccccc1OC. The van der Waals surface area contributed by atoms with Crippen molar-refractivity contribution in [2.75, 3.05) is 33.3 Å². The van der Waals surface area contributed by atoms with Gasteiger partial charge in [0, 0.05) is 5.56 Å². The Morgan fingerprint density at radius 2 is 1.93 bits per heavy atom. The molecule has 0 saturated carbocycles. The molecule has 1 atom stereocenters. The maximum Gasteiger partial charge on any atom is 0.290 e. The van der Waals surface area contributed by atoms with Crippen molar-refractivity contribution in [3.63, 3.8) is 0 Å². The molecule has 3 rings (SSSR count). The van der Waals surface area contributed by atoms with E-state index in [0.717, 1.165) is 19.6 Å². The van der Waals surface area contributed by atoms with Crippen LogP contribution in [0.15, 0.2) is 53.1 Å². The Morgan fingerprint density at radius 3 is 2.55 bits per heavy atom. The Balaban J connectivity index is 2.05. The Hall–Kier alpha value is -2.64. The number of ketones is 1. The Kier molecular flexibility index (Phi) is 6.71. The molecule has 0 radical (unpaired) electrons. The highest BCUT2D eigenvalue weighted by molar-refractivity contribution is 7.12. The summed E-state index contributed by atoms with van der Waals surface area (Å²) in [6, 6.07) is 10.1. The topological polar surface area (TPSA) is 71.3 Å². The number of nitrogens with zero attached hydrogens (tertiary/aromatic N) is 1. The standard InChI is InChI=1S/C22H26N2O4S/c1-4-23(5-2)12-13-24-19(15-9-6-7-10-16(15)28-3)18(21(26)22(24)27)20(25)17-11-8-14-29-17/h6-11,14,19,26H,4-5,12-13H2,1-3H3/p+1/t19-/m0/s1. The highest BCUT2D eigenvalue weighted by atomic mass is 32.1. The van der Waals surface area contributed by atoms with E-state index < -0.39 is 17.7 Å². The monoisotopic (exact) mass is 415 g/mol. The van der Waals surface area contributed by atoms with Gasteiger partial charge in [0.05, 0.1) is 49.8 Å². The third-order valence-corrected chi connectivity index (χ3v) is 6.30. The predicted octanol–water partition coefficient (Wildman–Crippen LogP) is 2.26. The molecule has 0 spiro atoms. The van der Waals surface area contributed by atoms with Crippen LogP contribution in [0.1, 0.15) is 35.1 Å². The summed E-state index contributed by atoms with van der Waals surface area (Å²) in [6.45, 7) is 7.26. The van der Waals surface area contributed by atoms with Gasteiger partial charge in [-0.1, -0.05) is 24.3 Å². The number of benzene rings is 1. The number of hydrogen-bond donors (Lipinski definition) is 2. The van der Waals surface area contributed by atoms with Crippen molar-refractivity contribution < 1.29 is 24.3 Å². The number of likely N-dealkylation sites (N-methyl/N-ethyl adjacent to an activating group) is 1. The van der Waals surface area contributed by atoms with Crippen LogP contribution in [-0.2, 0) is 4.79 Å². The molecule has 154 valence electrons. The number of carbonyl (C=O) groups is 2. The highest BCUT2D eigenvalue weighted by Crippen LogP contribution is 2.42. The van der Waals surface area contributed by atoms with Crippen LogP contribution in [0.25, 0.3) is 0 Å². The number of rotatable bonds is 9. The van der Waals surface area contributed by atoms with Crippen LogP contribution >= 0.6 is 11.3 Å². The molecule has 0 bridgehead atoms. The van der Waals surface area contributed by atoms with E-state index in [1.54, 1.807) is 35.6 Å². The first-order valence-corrected chi connectivity index (χ1v) is 10.7. The van der Waals surface area contributed by atoms with Crippen LogP contribution in [-0.4, -0.2) is 55.0 Å². The van der Waals surface area contributed by atoms with Crippen molar-refractivity contribution >= 4 is 23.0 Å². The molecule has 0 aliphatic carbocycles. The number of methoxy groups -OCH3 is 1. The first kappa shape index (κ1) is 21.1. The summed E-state index contributed by atoms with van der Waals surface area (Å²) in [5.74, 6) is -0.711. The number of nitrogens with one attached hydrogen (secondary N) is 1. The third-order valence-electron chi connectivity index (χ3n) is 5.43. The normalized spacial score (nSPS) is 16.8. The minimum atomic E-state index is -0.678. The van der Waals surface area contributed by atoms with Gasteiger partial charge in [0.2, 0.25) is 5.78 Å². The molecule has 29 heavy (non-hydrogen) atoms. The number of hydrogen-bond acceptors (Lipinski definition) is 5. The van der Waals surface area contributed by atoms with Gasteiger partial charge in [-0.05, 0) is 31.4 Å². The lowest BCUT2D eigenvalue weighted by atomic mass is 9.94. The lowest BCUT2D eigenvalue weighted by Gasteiger charge is -2.29. The van der Waals surface area contributed by atoms with Gasteiger partial charge < -0.3 is 19.6 Å². The summed E-state index contributed by atoms with van der Waals surface area (Å²) in [7, 11) is 1.56. The number of carbonyl (C=O) groups excluding carboxylic acids is 2. The predicted molar refractivity (Wildman–Crippen MR) is 113 cm³/mol. The fourth-order valence-corrected chi connectivity index (χ4v) is 4.43. The van der Waals surface area contributed by atoms with Gasteiger partial charge in [-0.15, -0.1) is 11.3 Å². The van der Waals surface area contributed by atoms with E-state index in [1.807, 2.05) is 18.2 Å². The summed E-state index contributed by atoms with van der Waals surface area (Å²) in [4.78, 5) is 29.6. The lowest BCUT2D eigenvalue weighted by molar-refractivity contribution is -0.895. The zero-order chi connectivity index (χ0) is 21.0. The lowest BCUT2D eigenvalue weighted by Crippen LogP contribution is -3.12. The smallest absolute Gasteiger partial charge is 0.290 e. The minimum absolute atomic E-state index is 0.122. The van der Waals surface area contributed by atoms with Gasteiger partial charge >= 0.3 is 0 Å². The van der Waals surface area contributed by atoms with Crippen molar-refractivity contribution in [2.45, 2.75) is 19.9 Å². The Bertz CT molecular complexity index is 903. The number of thiophene rings is 1.